The van der Waals surface area contributed by atoms with Crippen LogP contribution in [-0.4, -0.2) is 31.7 Å². The minimum atomic E-state index is -0.331. The second-order valence-corrected chi connectivity index (χ2v) is 7.52. The highest BCUT2D eigenvalue weighted by Crippen LogP contribution is 2.27. The van der Waals surface area contributed by atoms with Gasteiger partial charge in [0, 0.05) is 23.8 Å². The van der Waals surface area contributed by atoms with E-state index in [1.165, 1.54) is 5.56 Å². The van der Waals surface area contributed by atoms with Gasteiger partial charge in [0.05, 0.1) is 17.7 Å². The van der Waals surface area contributed by atoms with E-state index >= 15 is 0 Å². The van der Waals surface area contributed by atoms with Crippen molar-refractivity contribution in [2.75, 3.05) is 11.9 Å². The SMILES string of the molecule is CCOC(=O)c1cccc2c1cc(C)n2-c1nc(NCc2ccccc2)c2cccn2n1. The van der Waals surface area contributed by atoms with Crippen LogP contribution in [-0.2, 0) is 11.3 Å². The van der Waals surface area contributed by atoms with E-state index in [0.29, 0.717) is 24.7 Å². The van der Waals surface area contributed by atoms with Gasteiger partial charge in [-0.3, -0.25) is 4.57 Å². The first-order valence-corrected chi connectivity index (χ1v) is 10.6. The van der Waals surface area contributed by atoms with Gasteiger partial charge in [-0.1, -0.05) is 36.4 Å². The molecule has 0 atom stereocenters. The normalized spacial score (nSPS) is 11.2. The second-order valence-electron chi connectivity index (χ2n) is 7.52. The lowest BCUT2D eigenvalue weighted by Crippen LogP contribution is -2.11. The summed E-state index contributed by atoms with van der Waals surface area (Å²) in [5.74, 6) is 0.937. The fourth-order valence-electron chi connectivity index (χ4n) is 3.94. The minimum absolute atomic E-state index is 0.331. The molecule has 32 heavy (non-hydrogen) atoms. The Balaban J connectivity index is 1.61. The van der Waals surface area contributed by atoms with Crippen LogP contribution >= 0.6 is 0 Å². The molecule has 7 nitrogen and oxygen atoms in total. The third-order valence-corrected chi connectivity index (χ3v) is 5.41. The Hall–Kier alpha value is -4.13. The summed E-state index contributed by atoms with van der Waals surface area (Å²) in [6, 6.07) is 21.7. The Labute approximate surface area is 185 Å². The number of hydrogen-bond donors (Lipinski definition) is 1. The molecule has 2 aromatic carbocycles. The summed E-state index contributed by atoms with van der Waals surface area (Å²) in [5.41, 5.74) is 4.38. The summed E-state index contributed by atoms with van der Waals surface area (Å²) in [5, 5.41) is 8.99. The van der Waals surface area contributed by atoms with Crippen LogP contribution in [0.25, 0.3) is 22.4 Å². The zero-order chi connectivity index (χ0) is 22.1. The highest BCUT2D eigenvalue weighted by atomic mass is 16.5. The molecule has 5 aromatic rings. The average Bonchev–Trinajstić information content (AvgIpc) is 3.41. The molecule has 0 aliphatic carbocycles. The van der Waals surface area contributed by atoms with Crippen molar-refractivity contribution in [3.05, 3.63) is 89.7 Å². The number of ether oxygens (including phenoxy) is 1. The van der Waals surface area contributed by atoms with Crippen LogP contribution in [0.2, 0.25) is 0 Å². The van der Waals surface area contributed by atoms with Gasteiger partial charge in [-0.05, 0) is 49.7 Å². The maximum Gasteiger partial charge on any atom is 0.338 e. The lowest BCUT2D eigenvalue weighted by atomic mass is 10.1. The lowest BCUT2D eigenvalue weighted by molar-refractivity contribution is 0.0528. The molecule has 0 spiro atoms. The molecule has 0 fully saturated rings. The predicted molar refractivity (Wildman–Crippen MR) is 124 cm³/mol. The number of anilines is 1. The molecule has 0 saturated carbocycles. The molecule has 5 rings (SSSR count). The van der Waals surface area contributed by atoms with Gasteiger partial charge in [-0.25, -0.2) is 9.31 Å². The van der Waals surface area contributed by atoms with Gasteiger partial charge in [0.15, 0.2) is 5.82 Å². The van der Waals surface area contributed by atoms with Crippen LogP contribution in [0.5, 0.6) is 0 Å². The number of esters is 1. The van der Waals surface area contributed by atoms with E-state index in [1.807, 2.05) is 70.7 Å². The summed E-state index contributed by atoms with van der Waals surface area (Å²) in [6.45, 7) is 4.77. The first-order valence-electron chi connectivity index (χ1n) is 10.6. The third kappa shape index (κ3) is 3.47. The number of aromatic nitrogens is 4. The number of carbonyl (C=O) groups excluding carboxylic acids is 1. The average molecular weight is 425 g/mol. The molecular formula is C25H23N5O2. The van der Waals surface area contributed by atoms with Crippen molar-refractivity contribution in [3.8, 4) is 5.95 Å². The number of carbonyl (C=O) groups is 1. The number of rotatable bonds is 6. The Morgan fingerprint density at radius 3 is 2.66 bits per heavy atom. The molecule has 0 bridgehead atoms. The number of hydrogen-bond acceptors (Lipinski definition) is 5. The first kappa shape index (κ1) is 19.8. The summed E-state index contributed by atoms with van der Waals surface area (Å²) < 4.78 is 9.02. The van der Waals surface area contributed by atoms with Crippen molar-refractivity contribution in [2.24, 2.45) is 0 Å². The van der Waals surface area contributed by atoms with E-state index in [0.717, 1.165) is 27.9 Å². The van der Waals surface area contributed by atoms with Gasteiger partial charge in [0.25, 0.3) is 5.95 Å². The highest BCUT2D eigenvalue weighted by molar-refractivity contribution is 6.04. The summed E-state index contributed by atoms with van der Waals surface area (Å²) in [4.78, 5) is 17.3. The zero-order valence-corrected chi connectivity index (χ0v) is 17.9. The van der Waals surface area contributed by atoms with Crippen LogP contribution in [0.3, 0.4) is 0 Å². The Kier molecular flexibility index (Phi) is 5.07. The monoisotopic (exact) mass is 425 g/mol. The first-order chi connectivity index (χ1) is 15.7. The van der Waals surface area contributed by atoms with Gasteiger partial charge in [0.1, 0.15) is 5.52 Å². The molecule has 0 amide bonds. The topological polar surface area (TPSA) is 73.5 Å². The third-order valence-electron chi connectivity index (χ3n) is 5.41. The van der Waals surface area contributed by atoms with Gasteiger partial charge in [-0.15, -0.1) is 5.10 Å². The molecule has 0 aliphatic rings. The maximum absolute atomic E-state index is 12.5. The highest BCUT2D eigenvalue weighted by Gasteiger charge is 2.18. The second kappa shape index (κ2) is 8.19. The fraction of sp³-hybridized carbons (Fsp3) is 0.160. The van der Waals surface area contributed by atoms with Crippen molar-refractivity contribution in [2.45, 2.75) is 20.4 Å². The molecular weight excluding hydrogens is 402 g/mol. The number of nitrogens with one attached hydrogen (secondary N) is 1. The van der Waals surface area contributed by atoms with E-state index < -0.39 is 0 Å². The molecule has 3 aromatic heterocycles. The summed E-state index contributed by atoms with van der Waals surface area (Å²) in [7, 11) is 0. The van der Waals surface area contributed by atoms with Crippen LogP contribution in [0.15, 0.2) is 72.9 Å². The molecule has 0 aliphatic heterocycles. The lowest BCUT2D eigenvalue weighted by Gasteiger charge is -2.12. The van der Waals surface area contributed by atoms with Crippen LogP contribution in [0, 0.1) is 6.92 Å². The Morgan fingerprint density at radius 1 is 1.03 bits per heavy atom. The number of fused-ring (bicyclic) bond motifs is 2. The van der Waals surface area contributed by atoms with Crippen molar-refractivity contribution >= 4 is 28.2 Å². The Bertz CT molecular complexity index is 1420. The quantitative estimate of drug-likeness (QED) is 0.397. The molecule has 0 unspecified atom stereocenters. The van der Waals surface area contributed by atoms with Gasteiger partial charge < -0.3 is 10.1 Å². The largest absolute Gasteiger partial charge is 0.462 e. The molecule has 0 saturated heterocycles. The zero-order valence-electron chi connectivity index (χ0n) is 17.9. The molecule has 0 radical (unpaired) electrons. The van der Waals surface area contributed by atoms with Crippen LogP contribution in [0.4, 0.5) is 5.82 Å². The number of nitrogens with zero attached hydrogens (tertiary/aromatic N) is 4. The fourth-order valence-corrected chi connectivity index (χ4v) is 3.94. The van der Waals surface area contributed by atoms with Crippen molar-refractivity contribution in [3.63, 3.8) is 0 Å². The van der Waals surface area contributed by atoms with E-state index in [1.54, 1.807) is 13.0 Å². The molecule has 160 valence electrons. The van der Waals surface area contributed by atoms with Gasteiger partial charge in [-0.2, -0.15) is 4.98 Å². The van der Waals surface area contributed by atoms with E-state index in [-0.39, 0.29) is 5.97 Å². The molecule has 7 heteroatoms. The van der Waals surface area contributed by atoms with E-state index in [4.69, 9.17) is 14.8 Å². The standard InChI is InChI=1S/C25H23N5O2/c1-3-32-24(31)19-11-7-12-21-20(19)15-17(2)30(21)25-27-23(22-13-8-14-29(22)28-25)26-16-18-9-5-4-6-10-18/h4-15H,3,16H2,1-2H3,(H,26,27,28). The maximum atomic E-state index is 12.5. The van der Waals surface area contributed by atoms with Gasteiger partial charge >= 0.3 is 5.97 Å². The van der Waals surface area contributed by atoms with Crippen molar-refractivity contribution < 1.29 is 9.53 Å². The molecule has 3 heterocycles. The van der Waals surface area contributed by atoms with Crippen molar-refractivity contribution in [1.82, 2.24) is 19.2 Å². The number of aryl methyl sites for hydroxylation is 1. The van der Waals surface area contributed by atoms with E-state index in [9.17, 15) is 4.79 Å². The Morgan fingerprint density at radius 2 is 1.84 bits per heavy atom. The van der Waals surface area contributed by atoms with Crippen molar-refractivity contribution in [1.29, 1.82) is 0 Å². The van der Waals surface area contributed by atoms with Gasteiger partial charge in [0.2, 0.25) is 0 Å². The smallest absolute Gasteiger partial charge is 0.338 e. The summed E-state index contributed by atoms with van der Waals surface area (Å²) >= 11 is 0. The molecule has 1 N–H and O–H groups in total. The van der Waals surface area contributed by atoms with Crippen LogP contribution in [0.1, 0.15) is 28.5 Å². The summed E-state index contributed by atoms with van der Waals surface area (Å²) in [6.07, 6.45) is 1.90. The minimum Gasteiger partial charge on any atom is -0.462 e. The van der Waals surface area contributed by atoms with E-state index in [2.05, 4.69) is 17.4 Å². The van der Waals surface area contributed by atoms with Crippen LogP contribution < -0.4 is 5.32 Å². The number of benzene rings is 2. The predicted octanol–water partition coefficient (Wildman–Crippen LogP) is 4.77.